The summed E-state index contributed by atoms with van der Waals surface area (Å²) in [6, 6.07) is 0. The summed E-state index contributed by atoms with van der Waals surface area (Å²) in [6.07, 6.45) is 1.35. The summed E-state index contributed by atoms with van der Waals surface area (Å²) in [6.45, 7) is 1.56. The van der Waals surface area contributed by atoms with Crippen molar-refractivity contribution in [3.63, 3.8) is 0 Å². The van der Waals surface area contributed by atoms with Crippen molar-refractivity contribution in [3.8, 4) is 0 Å². The third kappa shape index (κ3) is 1.77. The largest absolute Gasteiger partial charge is 0.464 e. The molecule has 1 aliphatic rings. The highest BCUT2D eigenvalue weighted by Gasteiger charge is 2.25. The molecule has 0 N–H and O–H groups in total. The maximum absolute atomic E-state index is 11.3. The molecule has 0 aromatic carbocycles. The van der Waals surface area contributed by atoms with Crippen molar-refractivity contribution in [1.29, 1.82) is 0 Å². The van der Waals surface area contributed by atoms with Gasteiger partial charge in [-0.15, -0.1) is 4.40 Å². The first-order valence-electron chi connectivity index (χ1n) is 3.74. The second-order valence-corrected chi connectivity index (χ2v) is 4.33. The molecular weight excluding hydrogens is 208 g/mol. The molecule has 78 valence electrons. The van der Waals surface area contributed by atoms with Crippen LogP contribution in [0.25, 0.3) is 0 Å². The molecule has 0 aromatic rings. The number of ether oxygens (including phenoxy) is 1. The molecule has 1 heterocycles. The van der Waals surface area contributed by atoms with Gasteiger partial charge < -0.3 is 4.74 Å². The van der Waals surface area contributed by atoms with Gasteiger partial charge in [0.1, 0.15) is 0 Å². The molecule has 0 bridgehead atoms. The molecule has 14 heavy (non-hydrogen) atoms. The average molecular weight is 218 g/mol. The van der Waals surface area contributed by atoms with Gasteiger partial charge in [-0.05, 0) is 13.0 Å². The van der Waals surface area contributed by atoms with E-state index in [0.717, 1.165) is 4.31 Å². The maximum atomic E-state index is 11.3. The van der Waals surface area contributed by atoms with Crippen LogP contribution in [-0.2, 0) is 19.7 Å². The zero-order chi connectivity index (χ0) is 10.9. The van der Waals surface area contributed by atoms with Crippen LogP contribution < -0.4 is 0 Å². The minimum absolute atomic E-state index is 0.205. The quantitative estimate of drug-likeness (QED) is 0.566. The number of esters is 1. The van der Waals surface area contributed by atoms with Crippen molar-refractivity contribution in [2.45, 2.75) is 6.92 Å². The highest BCUT2D eigenvalue weighted by molar-refractivity contribution is 7.88. The molecule has 6 nitrogen and oxygen atoms in total. The fourth-order valence-electron chi connectivity index (χ4n) is 0.883. The standard InChI is InChI=1S/C7H10N2O4S/c1-5-4-6(7(10)13-3)8-14(11,12)9(5)2/h4H,1-3H3. The Morgan fingerprint density at radius 2 is 2.14 bits per heavy atom. The molecular formula is C7H10N2O4S. The maximum Gasteiger partial charge on any atom is 0.357 e. The summed E-state index contributed by atoms with van der Waals surface area (Å²) in [4.78, 5) is 11.0. The van der Waals surface area contributed by atoms with Crippen molar-refractivity contribution in [1.82, 2.24) is 4.31 Å². The molecule has 1 aliphatic heterocycles. The highest BCUT2D eigenvalue weighted by atomic mass is 32.2. The van der Waals surface area contributed by atoms with Crippen LogP contribution in [-0.4, -0.2) is 38.6 Å². The average Bonchev–Trinajstić information content (AvgIpc) is 2.12. The molecule has 7 heteroatoms. The first-order chi connectivity index (χ1) is 6.38. The highest BCUT2D eigenvalue weighted by Crippen LogP contribution is 2.15. The Balaban J connectivity index is 3.20. The molecule has 0 aliphatic carbocycles. The summed E-state index contributed by atoms with van der Waals surface area (Å²) in [5.41, 5.74) is 0.212. The van der Waals surface area contributed by atoms with Gasteiger partial charge in [0, 0.05) is 12.7 Å². The lowest BCUT2D eigenvalue weighted by molar-refractivity contribution is -0.132. The summed E-state index contributed by atoms with van der Waals surface area (Å²) in [5, 5.41) is 0. The number of hydrogen-bond acceptors (Lipinski definition) is 4. The van der Waals surface area contributed by atoms with Gasteiger partial charge in [-0.25, -0.2) is 4.79 Å². The van der Waals surface area contributed by atoms with E-state index in [4.69, 9.17) is 0 Å². The second kappa shape index (κ2) is 3.41. The van der Waals surface area contributed by atoms with Gasteiger partial charge in [0.2, 0.25) is 0 Å². The van der Waals surface area contributed by atoms with Crippen molar-refractivity contribution in [2.24, 2.45) is 4.40 Å². The van der Waals surface area contributed by atoms with Crippen LogP contribution in [0.1, 0.15) is 6.92 Å². The first-order valence-corrected chi connectivity index (χ1v) is 5.13. The van der Waals surface area contributed by atoms with Gasteiger partial charge in [0.15, 0.2) is 5.71 Å². The Kier molecular flexibility index (Phi) is 2.61. The summed E-state index contributed by atoms with van der Waals surface area (Å²) < 4.78 is 31.3. The first kappa shape index (κ1) is 10.7. The Hall–Kier alpha value is -1.37. The van der Waals surface area contributed by atoms with E-state index in [1.54, 1.807) is 6.92 Å². The molecule has 0 spiro atoms. The normalized spacial score (nSPS) is 19.8. The van der Waals surface area contributed by atoms with E-state index >= 15 is 0 Å². The third-order valence-electron chi connectivity index (χ3n) is 1.80. The van der Waals surface area contributed by atoms with Crippen molar-refractivity contribution in [3.05, 3.63) is 11.8 Å². The predicted molar refractivity (Wildman–Crippen MR) is 49.9 cm³/mol. The van der Waals surface area contributed by atoms with Crippen LogP contribution in [0.4, 0.5) is 0 Å². The Labute approximate surface area is 82.1 Å². The van der Waals surface area contributed by atoms with E-state index in [1.165, 1.54) is 20.2 Å². The molecule has 0 unspecified atom stereocenters. The minimum atomic E-state index is -3.76. The molecule has 0 atom stereocenters. The van der Waals surface area contributed by atoms with Gasteiger partial charge in [-0.2, -0.15) is 8.42 Å². The lowest BCUT2D eigenvalue weighted by atomic mass is 10.3. The van der Waals surface area contributed by atoms with E-state index < -0.39 is 16.2 Å². The van der Waals surface area contributed by atoms with Crippen molar-refractivity contribution >= 4 is 21.9 Å². The lowest BCUT2D eigenvalue weighted by Gasteiger charge is -2.20. The van der Waals surface area contributed by atoms with Crippen LogP contribution in [0.3, 0.4) is 0 Å². The van der Waals surface area contributed by atoms with Crippen LogP contribution >= 0.6 is 0 Å². The van der Waals surface area contributed by atoms with Crippen LogP contribution in [0.15, 0.2) is 16.2 Å². The topological polar surface area (TPSA) is 76.0 Å². The smallest absolute Gasteiger partial charge is 0.357 e. The Morgan fingerprint density at radius 3 is 2.57 bits per heavy atom. The fraction of sp³-hybridized carbons (Fsp3) is 0.429. The van der Waals surface area contributed by atoms with Gasteiger partial charge in [-0.3, -0.25) is 4.31 Å². The van der Waals surface area contributed by atoms with Crippen LogP contribution in [0.2, 0.25) is 0 Å². The SMILES string of the molecule is COC(=O)C1=NS(=O)(=O)N(C)C(C)=C1. The molecule has 0 saturated carbocycles. The number of allylic oxidation sites excluding steroid dienone is 1. The van der Waals surface area contributed by atoms with E-state index in [-0.39, 0.29) is 5.71 Å². The van der Waals surface area contributed by atoms with Crippen LogP contribution in [0, 0.1) is 0 Å². The van der Waals surface area contributed by atoms with E-state index in [0.29, 0.717) is 5.70 Å². The number of rotatable bonds is 1. The Morgan fingerprint density at radius 1 is 1.57 bits per heavy atom. The second-order valence-electron chi connectivity index (χ2n) is 2.70. The van der Waals surface area contributed by atoms with Gasteiger partial charge in [-0.1, -0.05) is 0 Å². The van der Waals surface area contributed by atoms with E-state index in [1.807, 2.05) is 0 Å². The van der Waals surface area contributed by atoms with Gasteiger partial charge in [0.25, 0.3) is 0 Å². The molecule has 0 amide bonds. The molecule has 1 rings (SSSR count). The number of carbonyl (C=O) groups is 1. The van der Waals surface area contributed by atoms with Crippen LogP contribution in [0.5, 0.6) is 0 Å². The summed E-state index contributed by atoms with van der Waals surface area (Å²) >= 11 is 0. The van der Waals surface area contributed by atoms with E-state index in [2.05, 4.69) is 9.13 Å². The number of hydrogen-bond donors (Lipinski definition) is 0. The number of carbonyl (C=O) groups excluding carboxylic acids is 1. The molecule has 0 saturated heterocycles. The number of nitrogens with zero attached hydrogens (tertiary/aromatic N) is 2. The third-order valence-corrected chi connectivity index (χ3v) is 3.20. The molecule has 0 fully saturated rings. The van der Waals surface area contributed by atoms with Gasteiger partial charge >= 0.3 is 16.2 Å². The van der Waals surface area contributed by atoms with Crippen molar-refractivity contribution < 1.29 is 17.9 Å². The fourth-order valence-corrected chi connectivity index (χ4v) is 1.80. The molecule has 0 radical (unpaired) electrons. The Bertz CT molecular complexity index is 421. The monoisotopic (exact) mass is 218 g/mol. The minimum Gasteiger partial charge on any atom is -0.464 e. The zero-order valence-corrected chi connectivity index (χ0v) is 8.83. The lowest BCUT2D eigenvalue weighted by Crippen LogP contribution is -2.30. The van der Waals surface area contributed by atoms with Gasteiger partial charge in [0.05, 0.1) is 7.11 Å². The molecule has 0 aromatic heterocycles. The summed E-state index contributed by atoms with van der Waals surface area (Å²) in [5.74, 6) is -0.763. The van der Waals surface area contributed by atoms with E-state index in [9.17, 15) is 13.2 Å². The predicted octanol–water partition coefficient (Wildman–Crippen LogP) is -0.306. The van der Waals surface area contributed by atoms with Crippen molar-refractivity contribution in [2.75, 3.05) is 14.2 Å². The number of methoxy groups -OCH3 is 1. The zero-order valence-electron chi connectivity index (χ0n) is 8.01. The summed E-state index contributed by atoms with van der Waals surface area (Å²) in [7, 11) is -1.24.